The molecule has 1 saturated heterocycles. The molecule has 4 N–H and O–H groups in total. The van der Waals surface area contributed by atoms with Crippen molar-refractivity contribution in [3.05, 3.63) is 11.6 Å². The van der Waals surface area contributed by atoms with Gasteiger partial charge in [-0.1, -0.05) is 32.4 Å². The minimum atomic E-state index is -4.66. The number of aliphatic carboxylic acids is 1. The molecule has 14 atom stereocenters. The Hall–Kier alpha value is 0.350. The van der Waals surface area contributed by atoms with E-state index in [4.69, 9.17) is 13.7 Å². The maximum Gasteiger partial charge on any atom is 1.00 e. The summed E-state index contributed by atoms with van der Waals surface area (Å²) >= 11 is 0. The van der Waals surface area contributed by atoms with E-state index >= 15 is 0 Å². The van der Waals surface area contributed by atoms with Gasteiger partial charge in [-0.3, -0.25) is 9.55 Å². The first-order chi connectivity index (χ1) is 21.5. The third-order valence-electron chi connectivity index (χ3n) is 12.4. The van der Waals surface area contributed by atoms with Crippen LogP contribution < -0.4 is 69.3 Å². The fourth-order valence-electron chi connectivity index (χ4n) is 10.2. The van der Waals surface area contributed by atoms with Gasteiger partial charge in [0, 0.05) is 5.97 Å². The van der Waals surface area contributed by atoms with Gasteiger partial charge in [-0.25, -0.2) is 4.18 Å². The fraction of sp³-hybridized carbons (Fsp3) is 0.875. The van der Waals surface area contributed by atoms with Gasteiger partial charge in [0.15, 0.2) is 6.29 Å². The van der Waals surface area contributed by atoms with E-state index in [-0.39, 0.29) is 112 Å². The van der Waals surface area contributed by atoms with Gasteiger partial charge in [0.2, 0.25) is 0 Å². The summed E-state index contributed by atoms with van der Waals surface area (Å²) in [6.45, 7) is 7.23. The zero-order valence-corrected chi connectivity index (χ0v) is 33.8. The van der Waals surface area contributed by atoms with Crippen LogP contribution in [0.1, 0.15) is 85.5 Å². The van der Waals surface area contributed by atoms with Crippen molar-refractivity contribution in [3.8, 4) is 0 Å². The first-order valence-electron chi connectivity index (χ1n) is 16.5. The number of carboxylic acids is 1. The number of aliphatic imine (C=N–C) groups is 1. The molecule has 0 bridgehead atoms. The molecule has 5 rings (SSSR count). The van der Waals surface area contributed by atoms with Gasteiger partial charge >= 0.3 is 69.5 Å². The van der Waals surface area contributed by atoms with Crippen molar-refractivity contribution >= 4 is 22.3 Å². The second kappa shape index (κ2) is 16.6. The van der Waals surface area contributed by atoms with Crippen LogP contribution in [0, 0.1) is 40.4 Å². The van der Waals surface area contributed by atoms with Crippen LogP contribution in [0.2, 0.25) is 0 Å². The van der Waals surface area contributed by atoms with E-state index in [2.05, 4.69) is 25.8 Å². The van der Waals surface area contributed by atoms with Crippen LogP contribution in [-0.4, -0.2) is 89.6 Å². The number of nitrogens with zero attached hydrogens (tertiary/aromatic N) is 1. The molecule has 1 aliphatic heterocycles. The number of aliphatic hydroxyl groups excluding tert-OH is 3. The van der Waals surface area contributed by atoms with E-state index in [0.29, 0.717) is 19.3 Å². The third kappa shape index (κ3) is 8.59. The van der Waals surface area contributed by atoms with Gasteiger partial charge < -0.3 is 39.8 Å². The topological polar surface area (TPSA) is 218 Å². The zero-order valence-electron chi connectivity index (χ0n) is 29.0. The minimum Gasteiger partial charge on any atom is -0.862 e. The monoisotopic (exact) mass is 717 g/mol. The van der Waals surface area contributed by atoms with Crippen molar-refractivity contribution in [2.45, 2.75) is 128 Å². The van der Waals surface area contributed by atoms with Crippen molar-refractivity contribution in [1.82, 2.24) is 0 Å². The molecule has 4 fully saturated rings. The van der Waals surface area contributed by atoms with Gasteiger partial charge in [0.1, 0.15) is 24.4 Å². The second-order valence-electron chi connectivity index (χ2n) is 14.9. The summed E-state index contributed by atoms with van der Waals surface area (Å²) in [5.41, 5.74) is 0.527. The molecule has 0 unspecified atom stereocenters. The quantitative estimate of drug-likeness (QED) is 0.0547. The Morgan fingerprint density at radius 1 is 1.10 bits per heavy atom. The van der Waals surface area contributed by atoms with E-state index in [9.17, 15) is 43.3 Å². The Morgan fingerprint density at radius 3 is 2.40 bits per heavy atom. The van der Waals surface area contributed by atoms with Crippen molar-refractivity contribution in [1.29, 1.82) is 0 Å². The molecule has 4 aliphatic carbocycles. The smallest absolute Gasteiger partial charge is 0.862 e. The van der Waals surface area contributed by atoms with Crippen LogP contribution in [0.3, 0.4) is 0 Å². The molecule has 0 aromatic carbocycles. The molecule has 1 heterocycles. The molecule has 3 saturated carbocycles. The van der Waals surface area contributed by atoms with Gasteiger partial charge in [-0.15, -0.1) is 0 Å². The molecule has 0 aromatic rings. The number of carbonyl (C=O) groups excluding carboxylic acids is 1. The molecular formula is C32H49NNa2O12S. The summed E-state index contributed by atoms with van der Waals surface area (Å²) in [5, 5.41) is 54.8. The predicted molar refractivity (Wildman–Crippen MR) is 160 cm³/mol. The maximum atomic E-state index is 12.1. The number of carboxylic acid groups (broad SMARTS) is 1. The Kier molecular flexibility index (Phi) is 14.8. The molecule has 262 valence electrons. The van der Waals surface area contributed by atoms with E-state index in [0.717, 1.165) is 31.3 Å². The summed E-state index contributed by atoms with van der Waals surface area (Å²) < 4.78 is 50.3. The molecule has 48 heavy (non-hydrogen) atoms. The summed E-state index contributed by atoms with van der Waals surface area (Å²) in [7, 11) is -4.66. The molecule has 5 aliphatic rings. The first-order valence-corrected chi connectivity index (χ1v) is 17.9. The van der Waals surface area contributed by atoms with Gasteiger partial charge in [0.05, 0.1) is 18.8 Å². The standard InChI is InChI=1S/C32H51NO12S.2Na/c1-16(5-8-25(36)37)20-6-7-21-26-22(10-12-32(20,21)4)31(3)11-9-19(45-46(40,41)42)13-18(31)14-23(26)43-30-27(33-17(2)35)29(39)28(38)24(15-34)44-30;;/h14,16,19-24,26-30,34,38-39H,5-13,15H2,1-4H3,(H,33,35)(H,36,37)(H,40,41,42);;/q;2*+1/p-2/t16-,19+,20-,21+,22+,23+,24-,26+,27-,28-,29-,30-,31+,32-;;/m1../s1. The van der Waals surface area contributed by atoms with Gasteiger partial charge in [-0.05, 0) is 111 Å². The number of hydrogen-bond acceptors (Lipinski definition) is 12. The largest absolute Gasteiger partial charge is 1.00 e. The zero-order chi connectivity index (χ0) is 33.8. The maximum absolute atomic E-state index is 12.1. The summed E-state index contributed by atoms with van der Waals surface area (Å²) in [6.07, 6.45) is 0.663. The normalized spacial score (nSPS) is 43.4. The Balaban J connectivity index is 0.00000312. The fourth-order valence-corrected chi connectivity index (χ4v) is 10.7. The summed E-state index contributed by atoms with van der Waals surface area (Å²) in [5.74, 6) is -0.915. The third-order valence-corrected chi connectivity index (χ3v) is 12.9. The van der Waals surface area contributed by atoms with Crippen LogP contribution in [0.25, 0.3) is 0 Å². The van der Waals surface area contributed by atoms with Crippen molar-refractivity contribution < 1.29 is 116 Å². The predicted octanol–water partition coefficient (Wildman–Crippen LogP) is -5.49. The summed E-state index contributed by atoms with van der Waals surface area (Å²) in [4.78, 5) is 15.3. The average molecular weight is 718 g/mol. The van der Waals surface area contributed by atoms with Crippen LogP contribution in [0.15, 0.2) is 16.6 Å². The van der Waals surface area contributed by atoms with E-state index in [1.54, 1.807) is 0 Å². The van der Waals surface area contributed by atoms with Crippen molar-refractivity contribution in [2.75, 3.05) is 6.61 Å². The molecule has 13 nitrogen and oxygen atoms in total. The number of ether oxygens (including phenoxy) is 2. The number of carbonyl (C=O) groups is 1. The number of rotatable bonds is 10. The minimum absolute atomic E-state index is 0. The Labute approximate surface area is 327 Å². The molecule has 0 amide bonds. The SMILES string of the molecule is CC([O-])=N[C@H]1[C@H](O[C@H]2C=C3C[C@@H](OS(=O)(=O)O)CC[C@]3(C)[C@H]3CC[C@]4(C)[C@@H]([C@H](C)CCC(=O)[O-])CC[C@H]4[C@H]23)O[C@H](CO)[C@@H](O)[C@@H]1O.[Na+].[Na+]. The van der Waals surface area contributed by atoms with Crippen molar-refractivity contribution in [2.24, 2.45) is 45.4 Å². The Morgan fingerprint density at radius 2 is 1.79 bits per heavy atom. The van der Waals surface area contributed by atoms with E-state index in [1.165, 1.54) is 6.92 Å². The first kappa shape index (κ1) is 42.8. The Bertz CT molecular complexity index is 1310. The van der Waals surface area contributed by atoms with E-state index in [1.807, 2.05) is 6.08 Å². The number of aliphatic hydroxyl groups is 3. The molecule has 0 aromatic heterocycles. The average Bonchev–Trinajstić information content (AvgIpc) is 3.32. The van der Waals surface area contributed by atoms with Crippen LogP contribution in [0.4, 0.5) is 0 Å². The number of hydrogen-bond donors (Lipinski definition) is 4. The van der Waals surface area contributed by atoms with Gasteiger partial charge in [-0.2, -0.15) is 8.42 Å². The van der Waals surface area contributed by atoms with E-state index < -0.39 is 71.7 Å². The van der Waals surface area contributed by atoms with Crippen molar-refractivity contribution in [3.63, 3.8) is 0 Å². The molecular weight excluding hydrogens is 668 g/mol. The van der Waals surface area contributed by atoms with Crippen LogP contribution in [0.5, 0.6) is 0 Å². The number of fused-ring (bicyclic) bond motifs is 5. The second-order valence-corrected chi connectivity index (χ2v) is 15.9. The van der Waals surface area contributed by atoms with Gasteiger partial charge in [0.25, 0.3) is 0 Å². The van der Waals surface area contributed by atoms with Crippen LogP contribution in [-0.2, 0) is 28.9 Å². The molecule has 0 radical (unpaired) electrons. The molecule has 16 heteroatoms. The summed E-state index contributed by atoms with van der Waals surface area (Å²) in [6, 6.07) is -1.25. The molecule has 0 spiro atoms. The van der Waals surface area contributed by atoms with Crippen LogP contribution >= 0.6 is 0 Å².